The van der Waals surface area contributed by atoms with Crippen molar-refractivity contribution in [2.24, 2.45) is 0 Å². The molecule has 0 saturated carbocycles. The van der Waals surface area contributed by atoms with Gasteiger partial charge in [0.15, 0.2) is 5.65 Å². The quantitative estimate of drug-likeness (QED) is 0.705. The summed E-state index contributed by atoms with van der Waals surface area (Å²) in [5.41, 5.74) is 8.89. The molecule has 2 heterocycles. The first-order chi connectivity index (χ1) is 11.8. The van der Waals surface area contributed by atoms with E-state index in [1.807, 2.05) is 10.6 Å². The van der Waals surface area contributed by atoms with Crippen LogP contribution >= 0.6 is 0 Å². The van der Waals surface area contributed by atoms with Crippen LogP contribution in [0.15, 0.2) is 30.3 Å². The summed E-state index contributed by atoms with van der Waals surface area (Å²) in [7, 11) is 0. The van der Waals surface area contributed by atoms with Crippen LogP contribution in [0.3, 0.4) is 0 Å². The third kappa shape index (κ3) is 2.63. The van der Waals surface area contributed by atoms with Gasteiger partial charge in [-0.1, -0.05) is 0 Å². The molecule has 1 aliphatic rings. The molecule has 2 aromatic heterocycles. The van der Waals surface area contributed by atoms with Crippen LogP contribution in [0.4, 0.5) is 10.2 Å². The first-order valence-electron chi connectivity index (χ1n) is 8.47. The number of nitrogens with zero attached hydrogens (tertiary/aromatic N) is 3. The molecule has 4 N–H and O–H groups in total. The average Bonchev–Trinajstić information content (AvgIpc) is 3.21. The van der Waals surface area contributed by atoms with Gasteiger partial charge in [0.1, 0.15) is 11.6 Å². The highest BCUT2D eigenvalue weighted by Gasteiger charge is 2.21. The number of aromatic nitrogens is 3. The van der Waals surface area contributed by atoms with Gasteiger partial charge in [-0.15, -0.1) is 0 Å². The molecule has 24 heavy (non-hydrogen) atoms. The molecule has 0 bridgehead atoms. The van der Waals surface area contributed by atoms with E-state index in [0.29, 0.717) is 0 Å². The van der Waals surface area contributed by atoms with E-state index in [2.05, 4.69) is 11.1 Å². The minimum absolute atomic E-state index is 0.241. The van der Waals surface area contributed by atoms with Crippen LogP contribution in [0.25, 0.3) is 16.9 Å². The summed E-state index contributed by atoms with van der Waals surface area (Å²) >= 11 is 0. The van der Waals surface area contributed by atoms with Gasteiger partial charge in [-0.2, -0.15) is 9.61 Å². The Morgan fingerprint density at radius 3 is 2.83 bits per heavy atom. The number of benzene rings is 1. The Morgan fingerprint density at radius 1 is 1.21 bits per heavy atom. The highest BCUT2D eigenvalue weighted by Crippen LogP contribution is 2.30. The second-order valence-electron chi connectivity index (χ2n) is 6.18. The van der Waals surface area contributed by atoms with E-state index in [-0.39, 0.29) is 5.82 Å². The van der Waals surface area contributed by atoms with Gasteiger partial charge in [0.25, 0.3) is 0 Å². The molecule has 0 fully saturated rings. The molecule has 1 aliphatic carbocycles. The molecule has 0 amide bonds. The molecule has 124 valence electrons. The van der Waals surface area contributed by atoms with Crippen molar-refractivity contribution in [3.63, 3.8) is 0 Å². The molecule has 0 spiro atoms. The van der Waals surface area contributed by atoms with Crippen molar-refractivity contribution in [2.75, 3.05) is 18.4 Å². The third-order valence-corrected chi connectivity index (χ3v) is 4.49. The summed E-state index contributed by atoms with van der Waals surface area (Å²) in [6, 6.07) is 8.39. The van der Waals surface area contributed by atoms with Gasteiger partial charge in [-0.3, -0.25) is 0 Å². The highest BCUT2D eigenvalue weighted by atomic mass is 19.1. The van der Waals surface area contributed by atoms with Gasteiger partial charge >= 0.3 is 0 Å². The van der Waals surface area contributed by atoms with E-state index in [0.717, 1.165) is 61.5 Å². The van der Waals surface area contributed by atoms with Crippen molar-refractivity contribution in [3.05, 3.63) is 47.4 Å². The molecular weight excluding hydrogens is 305 g/mol. The third-order valence-electron chi connectivity index (χ3n) is 4.49. The smallest absolute Gasteiger partial charge is 0.158 e. The SMILES string of the molecule is [NH3+]CCCNc1c2c(nc3cc(-c4ccc(F)cc4)nn13)CCC2. The molecule has 0 radical (unpaired) electrons. The normalized spacial score (nSPS) is 13.4. The number of quaternary nitrogens is 1. The summed E-state index contributed by atoms with van der Waals surface area (Å²) in [5, 5.41) is 8.25. The monoisotopic (exact) mass is 326 g/mol. The van der Waals surface area contributed by atoms with Crippen molar-refractivity contribution < 1.29 is 10.1 Å². The van der Waals surface area contributed by atoms with Crippen molar-refractivity contribution >= 4 is 11.5 Å². The van der Waals surface area contributed by atoms with Crippen molar-refractivity contribution in [1.82, 2.24) is 14.6 Å². The zero-order valence-electron chi connectivity index (χ0n) is 13.6. The van der Waals surface area contributed by atoms with Gasteiger partial charge in [0.2, 0.25) is 0 Å². The fraction of sp³-hybridized carbons (Fsp3) is 0.333. The molecule has 4 rings (SSSR count). The fourth-order valence-electron chi connectivity index (χ4n) is 3.26. The lowest BCUT2D eigenvalue weighted by Gasteiger charge is -2.12. The van der Waals surface area contributed by atoms with E-state index in [4.69, 9.17) is 10.1 Å². The van der Waals surface area contributed by atoms with Gasteiger partial charge in [0.05, 0.1) is 12.2 Å². The topological polar surface area (TPSA) is 69.9 Å². The minimum Gasteiger partial charge on any atom is -0.369 e. The van der Waals surface area contributed by atoms with E-state index in [1.54, 1.807) is 12.1 Å². The van der Waals surface area contributed by atoms with Crippen LogP contribution in [-0.2, 0) is 12.8 Å². The molecular formula is C18H21FN5+. The van der Waals surface area contributed by atoms with Crippen LogP contribution in [0, 0.1) is 5.82 Å². The zero-order valence-corrected chi connectivity index (χ0v) is 13.6. The Bertz CT molecular complexity index is 869. The maximum absolute atomic E-state index is 13.2. The van der Waals surface area contributed by atoms with E-state index < -0.39 is 0 Å². The summed E-state index contributed by atoms with van der Waals surface area (Å²) in [6.45, 7) is 1.78. The van der Waals surface area contributed by atoms with Gasteiger partial charge < -0.3 is 11.1 Å². The Labute approximate surface area is 139 Å². The van der Waals surface area contributed by atoms with E-state index in [9.17, 15) is 4.39 Å². The summed E-state index contributed by atoms with van der Waals surface area (Å²) < 4.78 is 15.0. The maximum atomic E-state index is 13.2. The van der Waals surface area contributed by atoms with Crippen molar-refractivity contribution in [3.8, 4) is 11.3 Å². The fourth-order valence-corrected chi connectivity index (χ4v) is 3.26. The predicted octanol–water partition coefficient (Wildman–Crippen LogP) is 2.07. The molecule has 0 atom stereocenters. The number of rotatable bonds is 5. The Kier molecular flexibility index (Phi) is 3.90. The van der Waals surface area contributed by atoms with Crippen LogP contribution < -0.4 is 11.1 Å². The predicted molar refractivity (Wildman–Crippen MR) is 91.3 cm³/mol. The van der Waals surface area contributed by atoms with Crippen LogP contribution in [0.2, 0.25) is 0 Å². The second-order valence-corrected chi connectivity index (χ2v) is 6.18. The number of fused-ring (bicyclic) bond motifs is 2. The van der Waals surface area contributed by atoms with E-state index in [1.165, 1.54) is 23.4 Å². The number of halogens is 1. The maximum Gasteiger partial charge on any atom is 0.158 e. The average molecular weight is 326 g/mol. The zero-order chi connectivity index (χ0) is 16.5. The van der Waals surface area contributed by atoms with Crippen molar-refractivity contribution in [2.45, 2.75) is 25.7 Å². The number of aryl methyl sites for hydroxylation is 1. The number of nitrogens with one attached hydrogen (secondary N) is 1. The highest BCUT2D eigenvalue weighted by molar-refractivity contribution is 5.67. The molecule has 0 unspecified atom stereocenters. The van der Waals surface area contributed by atoms with Crippen LogP contribution in [-0.4, -0.2) is 27.7 Å². The number of anilines is 1. The van der Waals surface area contributed by atoms with Gasteiger partial charge in [0, 0.05) is 35.9 Å². The van der Waals surface area contributed by atoms with E-state index >= 15 is 0 Å². The first kappa shape index (κ1) is 15.1. The number of hydrogen-bond donors (Lipinski definition) is 2. The summed E-state index contributed by atoms with van der Waals surface area (Å²) in [4.78, 5) is 4.78. The largest absolute Gasteiger partial charge is 0.369 e. The molecule has 6 heteroatoms. The lowest BCUT2D eigenvalue weighted by molar-refractivity contribution is -0.367. The Balaban J connectivity index is 1.80. The lowest BCUT2D eigenvalue weighted by atomic mass is 10.1. The molecule has 1 aromatic carbocycles. The molecule has 0 saturated heterocycles. The van der Waals surface area contributed by atoms with Crippen molar-refractivity contribution in [1.29, 1.82) is 0 Å². The molecule has 0 aliphatic heterocycles. The summed E-state index contributed by atoms with van der Waals surface area (Å²) in [6.07, 6.45) is 4.22. The number of hydrogen-bond acceptors (Lipinski definition) is 3. The Morgan fingerprint density at radius 2 is 2.04 bits per heavy atom. The van der Waals surface area contributed by atoms with Crippen LogP contribution in [0.1, 0.15) is 24.1 Å². The first-order valence-corrected chi connectivity index (χ1v) is 8.47. The van der Waals surface area contributed by atoms with Gasteiger partial charge in [-0.05, 0) is 43.5 Å². The summed E-state index contributed by atoms with van der Waals surface area (Å²) in [5.74, 6) is 0.810. The molecule has 5 nitrogen and oxygen atoms in total. The van der Waals surface area contributed by atoms with Gasteiger partial charge in [-0.25, -0.2) is 9.37 Å². The minimum atomic E-state index is -0.241. The molecule has 3 aromatic rings. The lowest BCUT2D eigenvalue weighted by Crippen LogP contribution is -2.50. The standard InChI is InChI=1S/C18H20FN5/c19-13-7-5-12(6-8-13)16-11-17-22-15-4-1-3-14(15)18(24(17)23-16)21-10-2-9-20/h5-8,11,21H,1-4,9-10,20H2/p+1. The second kappa shape index (κ2) is 6.20. The Hall–Kier alpha value is -2.47. The van der Waals surface area contributed by atoms with Crippen LogP contribution in [0.5, 0.6) is 0 Å².